The van der Waals surface area contributed by atoms with Crippen LogP contribution in [0.15, 0.2) is 12.4 Å². The van der Waals surface area contributed by atoms with E-state index in [1.165, 1.54) is 0 Å². The van der Waals surface area contributed by atoms with Gasteiger partial charge in [-0.1, -0.05) is 0 Å². The van der Waals surface area contributed by atoms with E-state index in [2.05, 4.69) is 16.0 Å². The Kier molecular flexibility index (Phi) is 3.61. The van der Waals surface area contributed by atoms with E-state index in [0.717, 1.165) is 5.46 Å². The maximum atomic E-state index is 8.52. The highest BCUT2D eigenvalue weighted by Gasteiger charge is 2.51. The molecule has 100 valence electrons. The van der Waals surface area contributed by atoms with Gasteiger partial charge in [-0.25, -0.2) is 9.97 Å². The quantitative estimate of drug-likeness (QED) is 0.764. The Morgan fingerprint density at radius 3 is 2.16 bits per heavy atom. The third kappa shape index (κ3) is 2.77. The first-order valence-corrected chi connectivity index (χ1v) is 6.39. The van der Waals surface area contributed by atoms with E-state index in [0.29, 0.717) is 18.7 Å². The summed E-state index contributed by atoms with van der Waals surface area (Å²) < 4.78 is 11.8. The molecular weight excluding hydrogens is 241 g/mol. The largest absolute Gasteiger partial charge is 0.498 e. The summed E-state index contributed by atoms with van der Waals surface area (Å²) in [6, 6.07) is 2.08. The van der Waals surface area contributed by atoms with Gasteiger partial charge in [0.05, 0.1) is 17.3 Å². The van der Waals surface area contributed by atoms with Gasteiger partial charge in [0, 0.05) is 30.7 Å². The molecule has 0 aliphatic carbocycles. The Hall–Kier alpha value is -1.45. The van der Waals surface area contributed by atoms with E-state index in [4.69, 9.17) is 14.6 Å². The summed E-state index contributed by atoms with van der Waals surface area (Å²) in [6.45, 7) is 8.04. The molecule has 0 aromatic carbocycles. The summed E-state index contributed by atoms with van der Waals surface area (Å²) in [6.07, 6.45) is 4.42. The maximum absolute atomic E-state index is 8.52. The molecule has 0 saturated carbocycles. The fraction of sp³-hybridized carbons (Fsp3) is 0.615. The predicted octanol–water partition coefficient (Wildman–Crippen LogP) is 1.23. The molecule has 2 heterocycles. The SMILES string of the molecule is CC1(C)OB(c2cnc(CCC#N)nc2)OC1(C)C. The molecule has 5 nitrogen and oxygen atoms in total. The van der Waals surface area contributed by atoms with Crippen molar-refractivity contribution in [3.63, 3.8) is 0 Å². The summed E-state index contributed by atoms with van der Waals surface area (Å²) >= 11 is 0. The molecule has 0 radical (unpaired) electrons. The van der Waals surface area contributed by atoms with Crippen LogP contribution in [0.25, 0.3) is 0 Å². The van der Waals surface area contributed by atoms with Crippen molar-refractivity contribution >= 4 is 12.6 Å². The van der Waals surface area contributed by atoms with E-state index in [9.17, 15) is 0 Å². The Morgan fingerprint density at radius 1 is 1.16 bits per heavy atom. The van der Waals surface area contributed by atoms with Crippen molar-refractivity contribution in [3.05, 3.63) is 18.2 Å². The van der Waals surface area contributed by atoms with Crippen LogP contribution >= 0.6 is 0 Å². The van der Waals surface area contributed by atoms with Crippen LogP contribution in [0.4, 0.5) is 0 Å². The van der Waals surface area contributed by atoms with Crippen molar-refractivity contribution in [1.82, 2.24) is 9.97 Å². The molecule has 1 fully saturated rings. The van der Waals surface area contributed by atoms with Crippen LogP contribution in [-0.4, -0.2) is 28.3 Å². The van der Waals surface area contributed by atoms with Gasteiger partial charge in [0.2, 0.25) is 0 Å². The van der Waals surface area contributed by atoms with Crippen LogP contribution in [0.3, 0.4) is 0 Å². The summed E-state index contributed by atoms with van der Waals surface area (Å²) in [5.41, 5.74) is 0.0771. The first kappa shape index (κ1) is 14.0. The molecule has 2 rings (SSSR count). The van der Waals surface area contributed by atoms with Crippen molar-refractivity contribution in [3.8, 4) is 6.07 Å². The molecule has 0 bridgehead atoms. The third-order valence-corrected chi connectivity index (χ3v) is 3.71. The van der Waals surface area contributed by atoms with Crippen LogP contribution in [-0.2, 0) is 15.7 Å². The standard InChI is InChI=1S/C13H18BN3O2/c1-12(2)13(3,4)19-14(18-12)10-8-16-11(17-9-10)6-5-7-15/h8-9H,5-6H2,1-4H3. The van der Waals surface area contributed by atoms with Crippen LogP contribution in [0.2, 0.25) is 0 Å². The van der Waals surface area contributed by atoms with Crippen LogP contribution in [0.1, 0.15) is 39.9 Å². The number of nitrogens with zero attached hydrogens (tertiary/aromatic N) is 3. The van der Waals surface area contributed by atoms with Gasteiger partial charge in [0.1, 0.15) is 5.82 Å². The lowest BCUT2D eigenvalue weighted by Gasteiger charge is -2.32. The zero-order chi connectivity index (χ0) is 14.1. The van der Waals surface area contributed by atoms with Crippen molar-refractivity contribution in [2.45, 2.75) is 51.7 Å². The van der Waals surface area contributed by atoms with Gasteiger partial charge in [-0.2, -0.15) is 5.26 Å². The Balaban J connectivity index is 2.10. The van der Waals surface area contributed by atoms with Gasteiger partial charge in [0.15, 0.2) is 0 Å². The first-order valence-electron chi connectivity index (χ1n) is 6.39. The molecule has 0 spiro atoms. The summed E-state index contributed by atoms with van der Waals surface area (Å²) in [7, 11) is -0.435. The van der Waals surface area contributed by atoms with Crippen molar-refractivity contribution in [2.75, 3.05) is 0 Å². The number of aromatic nitrogens is 2. The second-order valence-electron chi connectivity index (χ2n) is 5.68. The maximum Gasteiger partial charge on any atom is 0.498 e. The average Bonchev–Trinajstić information content (AvgIpc) is 2.56. The lowest BCUT2D eigenvalue weighted by molar-refractivity contribution is 0.00578. The molecule has 1 aromatic heterocycles. The Morgan fingerprint density at radius 2 is 1.68 bits per heavy atom. The van der Waals surface area contributed by atoms with Gasteiger partial charge >= 0.3 is 7.12 Å². The smallest absolute Gasteiger partial charge is 0.399 e. The second-order valence-corrected chi connectivity index (χ2v) is 5.68. The Bertz CT molecular complexity index is 478. The number of rotatable bonds is 3. The summed E-state index contributed by atoms with van der Waals surface area (Å²) in [5, 5.41) is 8.52. The zero-order valence-corrected chi connectivity index (χ0v) is 11.8. The predicted molar refractivity (Wildman–Crippen MR) is 71.7 cm³/mol. The third-order valence-electron chi connectivity index (χ3n) is 3.71. The van der Waals surface area contributed by atoms with E-state index in [-0.39, 0.29) is 11.2 Å². The lowest BCUT2D eigenvalue weighted by Crippen LogP contribution is -2.41. The number of aryl methyl sites for hydroxylation is 1. The molecule has 1 saturated heterocycles. The molecule has 0 N–H and O–H groups in total. The lowest BCUT2D eigenvalue weighted by atomic mass is 9.81. The molecule has 0 atom stereocenters. The highest BCUT2D eigenvalue weighted by Crippen LogP contribution is 2.36. The van der Waals surface area contributed by atoms with Gasteiger partial charge < -0.3 is 9.31 Å². The van der Waals surface area contributed by atoms with Crippen LogP contribution < -0.4 is 5.46 Å². The molecule has 0 amide bonds. The number of hydrogen-bond acceptors (Lipinski definition) is 5. The molecule has 1 aromatic rings. The van der Waals surface area contributed by atoms with Crippen LogP contribution in [0, 0.1) is 11.3 Å². The minimum absolute atomic E-state index is 0.364. The molecule has 1 aliphatic rings. The number of hydrogen-bond donors (Lipinski definition) is 0. The monoisotopic (exact) mass is 259 g/mol. The Labute approximate surface area is 114 Å². The van der Waals surface area contributed by atoms with Crippen molar-refractivity contribution in [1.29, 1.82) is 5.26 Å². The van der Waals surface area contributed by atoms with E-state index in [1.807, 2.05) is 27.7 Å². The van der Waals surface area contributed by atoms with Gasteiger partial charge in [-0.15, -0.1) is 0 Å². The van der Waals surface area contributed by atoms with E-state index in [1.54, 1.807) is 12.4 Å². The topological polar surface area (TPSA) is 68.0 Å². The summed E-state index contributed by atoms with van der Waals surface area (Å²) in [5.74, 6) is 0.668. The normalized spacial score (nSPS) is 20.3. The highest BCUT2D eigenvalue weighted by molar-refractivity contribution is 6.61. The van der Waals surface area contributed by atoms with Gasteiger partial charge in [-0.05, 0) is 27.7 Å². The van der Waals surface area contributed by atoms with Crippen molar-refractivity contribution < 1.29 is 9.31 Å². The molecule has 19 heavy (non-hydrogen) atoms. The molecule has 0 unspecified atom stereocenters. The minimum atomic E-state index is -0.435. The van der Waals surface area contributed by atoms with Crippen molar-refractivity contribution in [2.24, 2.45) is 0 Å². The second kappa shape index (κ2) is 4.91. The fourth-order valence-electron chi connectivity index (χ4n) is 1.76. The van der Waals surface area contributed by atoms with E-state index >= 15 is 0 Å². The van der Waals surface area contributed by atoms with Gasteiger partial charge in [0.25, 0.3) is 0 Å². The van der Waals surface area contributed by atoms with Gasteiger partial charge in [-0.3, -0.25) is 0 Å². The van der Waals surface area contributed by atoms with Crippen LogP contribution in [0.5, 0.6) is 0 Å². The highest BCUT2D eigenvalue weighted by atomic mass is 16.7. The number of nitriles is 1. The zero-order valence-electron chi connectivity index (χ0n) is 11.8. The molecule has 1 aliphatic heterocycles. The summed E-state index contributed by atoms with van der Waals surface area (Å²) in [4.78, 5) is 8.47. The molecule has 6 heteroatoms. The first-order chi connectivity index (χ1) is 8.86. The fourth-order valence-corrected chi connectivity index (χ4v) is 1.76. The average molecular weight is 259 g/mol. The minimum Gasteiger partial charge on any atom is -0.399 e. The van der Waals surface area contributed by atoms with E-state index < -0.39 is 7.12 Å². The molecular formula is C13H18BN3O2.